The van der Waals surface area contributed by atoms with E-state index >= 15 is 0 Å². The lowest BCUT2D eigenvalue weighted by Crippen LogP contribution is -2.20. The first-order valence-electron chi connectivity index (χ1n) is 9.34. The molecule has 0 N–H and O–H groups in total. The molecule has 4 aromatic carbocycles. The van der Waals surface area contributed by atoms with Gasteiger partial charge in [-0.05, 0) is 22.9 Å². The molecular formula is C26H16O4. The summed E-state index contributed by atoms with van der Waals surface area (Å²) in [5, 5.41) is 2.14. The summed E-state index contributed by atoms with van der Waals surface area (Å²) in [5.74, 6) is -0.374. The van der Waals surface area contributed by atoms with Crippen LogP contribution in [0.15, 0.2) is 84.9 Å². The number of hydrogen-bond acceptors (Lipinski definition) is 4. The van der Waals surface area contributed by atoms with E-state index < -0.39 is 0 Å². The zero-order valence-electron chi connectivity index (χ0n) is 15.9. The van der Waals surface area contributed by atoms with Gasteiger partial charge in [0.2, 0.25) is 0 Å². The van der Waals surface area contributed by atoms with Gasteiger partial charge in [-0.3, -0.25) is 19.2 Å². The molecule has 0 aromatic heterocycles. The fraction of sp³-hybridized carbons (Fsp3) is 0. The van der Waals surface area contributed by atoms with Gasteiger partial charge in [0.1, 0.15) is 6.29 Å². The molecule has 0 saturated heterocycles. The predicted molar refractivity (Wildman–Crippen MR) is 114 cm³/mol. The molecule has 1 aliphatic carbocycles. The highest BCUT2D eigenvalue weighted by Crippen LogP contribution is 2.27. The Morgan fingerprint density at radius 3 is 1.83 bits per heavy atom. The van der Waals surface area contributed by atoms with Gasteiger partial charge in [0.05, 0.1) is 0 Å². The van der Waals surface area contributed by atoms with E-state index in [1.807, 2.05) is 42.5 Å². The number of fused-ring (bicyclic) bond motifs is 3. The molecule has 30 heavy (non-hydrogen) atoms. The van der Waals surface area contributed by atoms with Gasteiger partial charge < -0.3 is 0 Å². The van der Waals surface area contributed by atoms with Crippen molar-refractivity contribution in [2.75, 3.05) is 0 Å². The molecular weight excluding hydrogens is 376 g/mol. The van der Waals surface area contributed by atoms with Gasteiger partial charge in [0, 0.05) is 33.4 Å². The first-order chi connectivity index (χ1) is 14.6. The standard InChI is InChI=1S/C15H8O3.C11H8O/c16-8-9-5-6-12-13(7-9)15(18)11-4-2-1-3-10(11)14(12)17;12-8-10-6-3-5-9-4-1-2-7-11(9)10/h1-8H;1-8H. The minimum Gasteiger partial charge on any atom is -0.298 e. The van der Waals surface area contributed by atoms with Crippen molar-refractivity contribution in [3.05, 3.63) is 118 Å². The fourth-order valence-electron chi connectivity index (χ4n) is 3.54. The van der Waals surface area contributed by atoms with Crippen LogP contribution in [0.1, 0.15) is 52.6 Å². The maximum absolute atomic E-state index is 12.3. The first-order valence-corrected chi connectivity index (χ1v) is 9.34. The Morgan fingerprint density at radius 1 is 0.533 bits per heavy atom. The van der Waals surface area contributed by atoms with Crippen molar-refractivity contribution in [1.29, 1.82) is 0 Å². The zero-order chi connectivity index (χ0) is 21.1. The van der Waals surface area contributed by atoms with Crippen LogP contribution in [-0.2, 0) is 0 Å². The number of rotatable bonds is 2. The molecule has 144 valence electrons. The van der Waals surface area contributed by atoms with E-state index in [-0.39, 0.29) is 11.6 Å². The van der Waals surface area contributed by atoms with Crippen molar-refractivity contribution in [2.45, 2.75) is 0 Å². The van der Waals surface area contributed by atoms with Crippen LogP contribution >= 0.6 is 0 Å². The van der Waals surface area contributed by atoms with Crippen molar-refractivity contribution >= 4 is 34.9 Å². The average molecular weight is 392 g/mol. The minimum atomic E-state index is -0.205. The summed E-state index contributed by atoms with van der Waals surface area (Å²) < 4.78 is 0. The molecule has 0 radical (unpaired) electrons. The van der Waals surface area contributed by atoms with Crippen LogP contribution in [-0.4, -0.2) is 24.1 Å². The molecule has 0 saturated carbocycles. The molecule has 4 heteroatoms. The molecule has 5 rings (SSSR count). The lowest BCUT2D eigenvalue weighted by Gasteiger charge is -2.17. The maximum Gasteiger partial charge on any atom is 0.194 e. The summed E-state index contributed by atoms with van der Waals surface area (Å²) in [4.78, 5) is 45.8. The lowest BCUT2D eigenvalue weighted by molar-refractivity contribution is 0.0979. The van der Waals surface area contributed by atoms with Crippen molar-refractivity contribution < 1.29 is 19.2 Å². The normalized spacial score (nSPS) is 11.7. The summed E-state index contributed by atoms with van der Waals surface area (Å²) in [6.07, 6.45) is 1.56. The second-order valence-electron chi connectivity index (χ2n) is 6.81. The fourth-order valence-corrected chi connectivity index (χ4v) is 3.54. The average Bonchev–Trinajstić information content (AvgIpc) is 2.82. The van der Waals surface area contributed by atoms with Gasteiger partial charge in [0.25, 0.3) is 0 Å². The van der Waals surface area contributed by atoms with Gasteiger partial charge >= 0.3 is 0 Å². The number of aldehydes is 2. The van der Waals surface area contributed by atoms with Crippen molar-refractivity contribution in [1.82, 2.24) is 0 Å². The summed E-state index contributed by atoms with van der Waals surface area (Å²) in [5.41, 5.74) is 2.65. The topological polar surface area (TPSA) is 68.3 Å². The summed E-state index contributed by atoms with van der Waals surface area (Å²) in [7, 11) is 0. The molecule has 0 aliphatic heterocycles. The number of hydrogen-bond donors (Lipinski definition) is 0. The monoisotopic (exact) mass is 392 g/mol. The zero-order valence-corrected chi connectivity index (χ0v) is 15.9. The van der Waals surface area contributed by atoms with E-state index in [4.69, 9.17) is 0 Å². The highest BCUT2D eigenvalue weighted by molar-refractivity contribution is 6.28. The molecule has 4 nitrogen and oxygen atoms in total. The Morgan fingerprint density at radius 2 is 1.13 bits per heavy atom. The Kier molecular flexibility index (Phi) is 5.14. The van der Waals surface area contributed by atoms with Gasteiger partial charge in [-0.1, -0.05) is 72.8 Å². The number of carbonyl (C=O) groups excluding carboxylic acids is 4. The van der Waals surface area contributed by atoms with E-state index in [9.17, 15) is 19.2 Å². The molecule has 0 amide bonds. The Labute approximate surface area is 172 Å². The summed E-state index contributed by atoms with van der Waals surface area (Å²) >= 11 is 0. The summed E-state index contributed by atoms with van der Waals surface area (Å²) in [6, 6.07) is 24.9. The van der Waals surface area contributed by atoms with E-state index in [1.54, 1.807) is 30.3 Å². The molecule has 0 bridgehead atoms. The van der Waals surface area contributed by atoms with E-state index in [0.29, 0.717) is 34.1 Å². The second-order valence-corrected chi connectivity index (χ2v) is 6.81. The number of benzene rings is 4. The van der Waals surface area contributed by atoms with Crippen LogP contribution in [0.3, 0.4) is 0 Å². The third kappa shape index (κ3) is 3.35. The number of carbonyl (C=O) groups is 4. The van der Waals surface area contributed by atoms with Gasteiger partial charge in [0.15, 0.2) is 17.9 Å². The molecule has 0 atom stereocenters. The minimum absolute atomic E-state index is 0.169. The van der Waals surface area contributed by atoms with Crippen LogP contribution in [0, 0.1) is 0 Å². The highest BCUT2D eigenvalue weighted by Gasteiger charge is 2.29. The van der Waals surface area contributed by atoms with Gasteiger partial charge in [-0.25, -0.2) is 0 Å². The predicted octanol–water partition coefficient (Wildman–Crippen LogP) is 4.93. The SMILES string of the molecule is O=Cc1ccc2c(c1)C(=O)c1ccccc1C2=O.O=Cc1cccc2ccccc12. The molecule has 0 fully saturated rings. The molecule has 4 aromatic rings. The quantitative estimate of drug-likeness (QED) is 0.400. The number of ketones is 2. The largest absolute Gasteiger partial charge is 0.298 e. The molecule has 1 aliphatic rings. The van der Waals surface area contributed by atoms with Crippen LogP contribution in [0.2, 0.25) is 0 Å². The molecule has 0 spiro atoms. The highest BCUT2D eigenvalue weighted by atomic mass is 16.1. The van der Waals surface area contributed by atoms with Crippen molar-refractivity contribution in [3.8, 4) is 0 Å². The maximum atomic E-state index is 12.3. The Hall–Kier alpha value is -4.18. The third-order valence-corrected chi connectivity index (χ3v) is 5.04. The molecule has 0 heterocycles. The van der Waals surface area contributed by atoms with E-state index in [0.717, 1.165) is 22.6 Å². The van der Waals surface area contributed by atoms with Crippen LogP contribution in [0.4, 0.5) is 0 Å². The lowest BCUT2D eigenvalue weighted by atomic mass is 9.83. The van der Waals surface area contributed by atoms with Crippen molar-refractivity contribution in [3.63, 3.8) is 0 Å². The Bertz CT molecular complexity index is 1310. The summed E-state index contributed by atoms with van der Waals surface area (Å²) in [6.45, 7) is 0. The van der Waals surface area contributed by atoms with Crippen molar-refractivity contribution in [2.24, 2.45) is 0 Å². The smallest absolute Gasteiger partial charge is 0.194 e. The van der Waals surface area contributed by atoms with E-state index in [1.165, 1.54) is 12.1 Å². The van der Waals surface area contributed by atoms with Crippen LogP contribution < -0.4 is 0 Å². The Balaban J connectivity index is 0.000000158. The first kappa shape index (κ1) is 19.2. The van der Waals surface area contributed by atoms with Crippen LogP contribution in [0.5, 0.6) is 0 Å². The van der Waals surface area contributed by atoms with Gasteiger partial charge in [-0.15, -0.1) is 0 Å². The van der Waals surface area contributed by atoms with Crippen LogP contribution in [0.25, 0.3) is 10.8 Å². The molecule has 0 unspecified atom stereocenters. The van der Waals surface area contributed by atoms with E-state index in [2.05, 4.69) is 0 Å². The third-order valence-electron chi connectivity index (χ3n) is 5.04. The van der Waals surface area contributed by atoms with Gasteiger partial charge in [-0.2, -0.15) is 0 Å². The second kappa shape index (κ2) is 8.05.